The van der Waals surface area contributed by atoms with E-state index in [-0.39, 0.29) is 17.9 Å². The number of rotatable bonds is 5. The lowest BCUT2D eigenvalue weighted by atomic mass is 10.2. The van der Waals surface area contributed by atoms with Crippen LogP contribution < -0.4 is 5.32 Å². The molecule has 1 aliphatic rings. The van der Waals surface area contributed by atoms with Crippen LogP contribution in [0.25, 0.3) is 0 Å². The molecule has 0 aromatic rings. The van der Waals surface area contributed by atoms with Crippen LogP contribution in [0.3, 0.4) is 0 Å². The van der Waals surface area contributed by atoms with E-state index >= 15 is 0 Å². The van der Waals surface area contributed by atoms with E-state index in [0.717, 1.165) is 25.9 Å². The molecule has 1 amide bonds. The fraction of sp³-hybridized carbons (Fsp3) is 0.857. The molecule has 0 bridgehead atoms. The van der Waals surface area contributed by atoms with Gasteiger partial charge in [-0.25, -0.2) is 0 Å². The summed E-state index contributed by atoms with van der Waals surface area (Å²) in [6, 6.07) is -0.384. The number of carbonyl (C=O) groups excluding carboxylic acids is 2. The molecule has 1 saturated heterocycles. The number of hydrogen-bond donors (Lipinski definition) is 1. The molecule has 0 aromatic carbocycles. The van der Waals surface area contributed by atoms with E-state index in [2.05, 4.69) is 5.32 Å². The second-order valence-corrected chi connectivity index (χ2v) is 6.05. The summed E-state index contributed by atoms with van der Waals surface area (Å²) < 4.78 is 5.26. The molecule has 5 nitrogen and oxygen atoms in total. The second kappa shape index (κ2) is 6.89. The van der Waals surface area contributed by atoms with Crippen molar-refractivity contribution in [3.8, 4) is 0 Å². The predicted molar refractivity (Wildman–Crippen MR) is 73.7 cm³/mol. The van der Waals surface area contributed by atoms with Gasteiger partial charge in [-0.3, -0.25) is 9.59 Å². The van der Waals surface area contributed by atoms with Gasteiger partial charge in [0.1, 0.15) is 11.6 Å². The van der Waals surface area contributed by atoms with Gasteiger partial charge < -0.3 is 15.0 Å². The minimum atomic E-state index is -0.474. The third-order valence-electron chi connectivity index (χ3n) is 3.01. The zero-order valence-corrected chi connectivity index (χ0v) is 12.5. The minimum Gasteiger partial charge on any atom is -0.459 e. The number of amides is 1. The van der Waals surface area contributed by atoms with Crippen molar-refractivity contribution in [2.75, 3.05) is 19.6 Å². The third kappa shape index (κ3) is 6.05. The second-order valence-electron chi connectivity index (χ2n) is 6.05. The summed E-state index contributed by atoms with van der Waals surface area (Å²) in [5.41, 5.74) is -0.474. The molecule has 1 unspecified atom stereocenters. The lowest BCUT2D eigenvalue weighted by Crippen LogP contribution is -2.41. The van der Waals surface area contributed by atoms with Crippen molar-refractivity contribution in [1.82, 2.24) is 10.2 Å². The Hall–Kier alpha value is -1.10. The van der Waals surface area contributed by atoms with Gasteiger partial charge in [-0.1, -0.05) is 0 Å². The van der Waals surface area contributed by atoms with Crippen molar-refractivity contribution in [2.24, 2.45) is 0 Å². The SMILES string of the molecule is CC(NCCC(=O)N1CCCC1)C(=O)OC(C)(C)C. The van der Waals surface area contributed by atoms with Gasteiger partial charge >= 0.3 is 5.97 Å². The van der Waals surface area contributed by atoms with Gasteiger partial charge in [-0.2, -0.15) is 0 Å². The first-order valence-electron chi connectivity index (χ1n) is 7.03. The first-order valence-corrected chi connectivity index (χ1v) is 7.03. The molecule has 5 heteroatoms. The summed E-state index contributed by atoms with van der Waals surface area (Å²) in [4.78, 5) is 25.4. The molecule has 0 aliphatic carbocycles. The van der Waals surface area contributed by atoms with Gasteiger partial charge in [0.15, 0.2) is 0 Å². The quantitative estimate of drug-likeness (QED) is 0.765. The molecule has 1 rings (SSSR count). The number of carbonyl (C=O) groups is 2. The maximum atomic E-state index is 11.8. The summed E-state index contributed by atoms with van der Waals surface area (Å²) in [6.45, 7) is 9.54. The molecule has 1 atom stereocenters. The van der Waals surface area contributed by atoms with Crippen LogP contribution in [0.15, 0.2) is 0 Å². The van der Waals surface area contributed by atoms with Crippen LogP contribution in [-0.4, -0.2) is 48.1 Å². The third-order valence-corrected chi connectivity index (χ3v) is 3.01. The van der Waals surface area contributed by atoms with Crippen LogP contribution >= 0.6 is 0 Å². The van der Waals surface area contributed by atoms with Crippen LogP contribution in [0.5, 0.6) is 0 Å². The van der Waals surface area contributed by atoms with Crippen LogP contribution in [0.4, 0.5) is 0 Å². The van der Waals surface area contributed by atoms with Gasteiger partial charge in [0.05, 0.1) is 0 Å². The average Bonchev–Trinajstić information content (AvgIpc) is 2.79. The van der Waals surface area contributed by atoms with Crippen molar-refractivity contribution in [2.45, 2.75) is 58.6 Å². The normalized spacial score (nSPS) is 17.4. The van der Waals surface area contributed by atoms with Crippen molar-refractivity contribution >= 4 is 11.9 Å². The number of esters is 1. The summed E-state index contributed by atoms with van der Waals surface area (Å²) in [7, 11) is 0. The van der Waals surface area contributed by atoms with Crippen LogP contribution in [0.2, 0.25) is 0 Å². The summed E-state index contributed by atoms with van der Waals surface area (Å²) in [5, 5.41) is 3.04. The van der Waals surface area contributed by atoms with E-state index in [1.165, 1.54) is 0 Å². The van der Waals surface area contributed by atoms with Crippen LogP contribution in [-0.2, 0) is 14.3 Å². The van der Waals surface area contributed by atoms with Gasteiger partial charge in [0, 0.05) is 26.1 Å². The average molecular weight is 270 g/mol. The molecule has 0 aromatic heterocycles. The van der Waals surface area contributed by atoms with Gasteiger partial charge in [0.2, 0.25) is 5.91 Å². The summed E-state index contributed by atoms with van der Waals surface area (Å²) in [6.07, 6.45) is 2.65. The first-order chi connectivity index (χ1) is 8.79. The van der Waals surface area contributed by atoms with E-state index in [1.54, 1.807) is 6.92 Å². The van der Waals surface area contributed by atoms with Crippen LogP contribution in [0.1, 0.15) is 47.0 Å². The smallest absolute Gasteiger partial charge is 0.323 e. The number of ether oxygens (including phenoxy) is 1. The molecule has 110 valence electrons. The fourth-order valence-electron chi connectivity index (χ4n) is 1.99. The lowest BCUT2D eigenvalue weighted by molar-refractivity contribution is -0.157. The maximum absolute atomic E-state index is 11.8. The molecular formula is C14H26N2O3. The molecule has 1 aliphatic heterocycles. The number of nitrogens with one attached hydrogen (secondary N) is 1. The molecule has 1 fully saturated rings. The number of hydrogen-bond acceptors (Lipinski definition) is 4. The Bertz CT molecular complexity index is 317. The van der Waals surface area contributed by atoms with Gasteiger partial charge in [-0.15, -0.1) is 0 Å². The molecule has 0 radical (unpaired) electrons. The molecule has 1 heterocycles. The van der Waals surface area contributed by atoms with Crippen molar-refractivity contribution in [3.05, 3.63) is 0 Å². The standard InChI is InChI=1S/C14H26N2O3/c1-11(13(18)19-14(2,3)4)15-8-7-12(17)16-9-5-6-10-16/h11,15H,5-10H2,1-4H3. The van der Waals surface area contributed by atoms with Crippen LogP contribution in [0, 0.1) is 0 Å². The Morgan fingerprint density at radius 3 is 2.37 bits per heavy atom. The van der Waals surface area contributed by atoms with E-state index in [4.69, 9.17) is 4.74 Å². The summed E-state index contributed by atoms with van der Waals surface area (Å²) in [5.74, 6) is -0.109. The van der Waals surface area contributed by atoms with E-state index in [1.807, 2.05) is 25.7 Å². The molecule has 0 spiro atoms. The topological polar surface area (TPSA) is 58.6 Å². The molecule has 1 N–H and O–H groups in total. The van der Waals surface area contributed by atoms with Crippen molar-refractivity contribution < 1.29 is 14.3 Å². The Balaban J connectivity index is 2.21. The Kier molecular flexibility index (Phi) is 5.79. The highest BCUT2D eigenvalue weighted by atomic mass is 16.6. The minimum absolute atomic E-state index is 0.168. The predicted octanol–water partition coefficient (Wildman–Crippen LogP) is 1.32. The monoisotopic (exact) mass is 270 g/mol. The zero-order valence-electron chi connectivity index (χ0n) is 12.5. The number of likely N-dealkylation sites (tertiary alicyclic amines) is 1. The molecular weight excluding hydrogens is 244 g/mol. The highest BCUT2D eigenvalue weighted by Gasteiger charge is 2.22. The largest absolute Gasteiger partial charge is 0.459 e. The maximum Gasteiger partial charge on any atom is 0.323 e. The van der Waals surface area contributed by atoms with Crippen molar-refractivity contribution in [1.29, 1.82) is 0 Å². The highest BCUT2D eigenvalue weighted by molar-refractivity contribution is 5.77. The first kappa shape index (κ1) is 16.0. The Morgan fingerprint density at radius 1 is 1.26 bits per heavy atom. The van der Waals surface area contributed by atoms with E-state index in [0.29, 0.717) is 13.0 Å². The lowest BCUT2D eigenvalue weighted by Gasteiger charge is -2.23. The fourth-order valence-corrected chi connectivity index (χ4v) is 1.99. The van der Waals surface area contributed by atoms with Crippen molar-refractivity contribution in [3.63, 3.8) is 0 Å². The molecule has 0 saturated carbocycles. The summed E-state index contributed by atoms with van der Waals surface area (Å²) >= 11 is 0. The van der Waals surface area contributed by atoms with E-state index < -0.39 is 5.60 Å². The molecule has 19 heavy (non-hydrogen) atoms. The highest BCUT2D eigenvalue weighted by Crippen LogP contribution is 2.09. The zero-order chi connectivity index (χ0) is 14.5. The Labute approximate surface area is 115 Å². The number of nitrogens with zero attached hydrogens (tertiary/aromatic N) is 1. The van der Waals surface area contributed by atoms with Gasteiger partial charge in [-0.05, 0) is 40.5 Å². The van der Waals surface area contributed by atoms with E-state index in [9.17, 15) is 9.59 Å². The van der Waals surface area contributed by atoms with Gasteiger partial charge in [0.25, 0.3) is 0 Å². The Morgan fingerprint density at radius 2 is 1.84 bits per heavy atom.